The third kappa shape index (κ3) is 22.6. The van der Waals surface area contributed by atoms with E-state index in [0.29, 0.717) is 0 Å². The van der Waals surface area contributed by atoms with Crippen molar-refractivity contribution in [1.29, 1.82) is 0 Å². The van der Waals surface area contributed by atoms with Crippen LogP contribution in [-0.2, 0) is 25.7 Å². The molecule has 12 rings (SSSR count). The molecule has 4 heterocycles. The van der Waals surface area contributed by atoms with Crippen LogP contribution in [0.15, 0.2) is 158 Å². The largest absolute Gasteiger partial charge is 0.140 e. The lowest BCUT2D eigenvalue weighted by Gasteiger charge is -2.09. The maximum Gasteiger partial charge on any atom is 0.0452 e. The molecule has 0 aliphatic heterocycles. The molecule has 4 aromatic heterocycles. The Kier molecular flexibility index (Phi) is 31.4. The van der Waals surface area contributed by atoms with E-state index in [0.717, 1.165) is 12.8 Å². The van der Waals surface area contributed by atoms with Gasteiger partial charge in [0.1, 0.15) is 0 Å². The number of aryl methyl sites for hydroxylation is 4. The Morgan fingerprint density at radius 1 is 0.173 bits per heavy atom. The molecule has 0 unspecified atom stereocenters. The average molecular weight is 1460 g/mol. The minimum Gasteiger partial charge on any atom is -0.140 e. The minimum atomic E-state index is 1.13. The Labute approximate surface area is 645 Å². The zero-order chi connectivity index (χ0) is 71.3. The molecule has 4 heteroatoms. The molecular weight excluding hydrogens is 1330 g/mol. The van der Waals surface area contributed by atoms with Crippen LogP contribution in [0, 0.1) is 0 Å². The van der Waals surface area contributed by atoms with Crippen LogP contribution in [0.3, 0.4) is 0 Å². The second-order valence-corrected chi connectivity index (χ2v) is 36.0. The molecule has 0 nitrogen and oxygen atoms in total. The van der Waals surface area contributed by atoms with Crippen molar-refractivity contribution >= 4 is 110 Å². The summed E-state index contributed by atoms with van der Waals surface area (Å²) >= 11 is 8.12. The Hall–Kier alpha value is -5.88. The van der Waals surface area contributed by atoms with Gasteiger partial charge in [-0.25, -0.2) is 0 Å². The maximum absolute atomic E-state index is 2.63. The number of benzene rings is 8. The van der Waals surface area contributed by atoms with Crippen LogP contribution in [0.1, 0.15) is 305 Å². The first-order valence-corrected chi connectivity index (χ1v) is 45.9. The first-order valence-electron chi connectivity index (χ1n) is 42.7. The zero-order valence-corrected chi connectivity index (χ0v) is 68.0. The lowest BCUT2D eigenvalue weighted by molar-refractivity contribution is 0.556. The quantitative estimate of drug-likeness (QED) is 0.0263. The fourth-order valence-electron chi connectivity index (χ4n) is 16.6. The predicted octanol–water partition coefficient (Wildman–Crippen LogP) is 35.0. The fraction of sp³-hybridized carbons (Fsp3) is 0.480. The lowest BCUT2D eigenvalue weighted by Crippen LogP contribution is -1.88. The van der Waals surface area contributed by atoms with Crippen LogP contribution in [-0.4, -0.2) is 0 Å². The maximum atomic E-state index is 2.63. The van der Waals surface area contributed by atoms with Gasteiger partial charge in [0.2, 0.25) is 0 Å². The molecule has 0 radical (unpaired) electrons. The molecule has 0 atom stereocenters. The summed E-state index contributed by atoms with van der Waals surface area (Å²) in [7, 11) is 0. The van der Waals surface area contributed by atoms with E-state index in [4.69, 9.17) is 0 Å². The van der Waals surface area contributed by atoms with Crippen LogP contribution < -0.4 is 0 Å². The van der Waals surface area contributed by atoms with Gasteiger partial charge in [-0.05, 0) is 259 Å². The van der Waals surface area contributed by atoms with E-state index < -0.39 is 0 Å². The highest BCUT2D eigenvalue weighted by Gasteiger charge is 2.20. The van der Waals surface area contributed by atoms with E-state index in [-0.39, 0.29) is 0 Å². The summed E-state index contributed by atoms with van der Waals surface area (Å²) in [6.45, 7) is 9.27. The van der Waals surface area contributed by atoms with Crippen LogP contribution >= 0.6 is 45.3 Å². The molecule has 12 aromatic rings. The van der Waals surface area contributed by atoms with Crippen LogP contribution in [0.5, 0.6) is 0 Å². The average Bonchev–Trinajstić information content (AvgIpc) is 1.57. The molecule has 0 N–H and O–H groups in total. The molecule has 0 aliphatic rings. The molecule has 550 valence electrons. The van der Waals surface area contributed by atoms with Gasteiger partial charge in [0.25, 0.3) is 0 Å². The van der Waals surface area contributed by atoms with Crippen molar-refractivity contribution in [1.82, 2.24) is 0 Å². The Bertz CT molecular complexity index is 4260. The van der Waals surface area contributed by atoms with Gasteiger partial charge < -0.3 is 0 Å². The Balaban J connectivity index is 0.775. The third-order valence-corrected chi connectivity index (χ3v) is 28.0. The van der Waals surface area contributed by atoms with Crippen molar-refractivity contribution in [2.45, 2.75) is 310 Å². The third-order valence-electron chi connectivity index (χ3n) is 22.9. The molecule has 104 heavy (non-hydrogen) atoms. The monoisotopic (exact) mass is 1450 g/mol. The van der Waals surface area contributed by atoms with E-state index in [9.17, 15) is 0 Å². The van der Waals surface area contributed by atoms with E-state index in [1.807, 2.05) is 22.7 Å². The van der Waals surface area contributed by atoms with E-state index in [2.05, 4.69) is 208 Å². The molecule has 0 aliphatic carbocycles. The van der Waals surface area contributed by atoms with Crippen LogP contribution in [0.2, 0.25) is 0 Å². The summed E-state index contributed by atoms with van der Waals surface area (Å²) in [6, 6.07) is 63.6. The van der Waals surface area contributed by atoms with Gasteiger partial charge in [-0.15, -0.1) is 45.3 Å². The van der Waals surface area contributed by atoms with Crippen molar-refractivity contribution in [2.75, 3.05) is 0 Å². The summed E-state index contributed by atoms with van der Waals surface area (Å²) in [5.41, 5.74) is 8.49. The number of hydrogen-bond donors (Lipinski definition) is 0. The summed E-state index contributed by atoms with van der Waals surface area (Å²) in [4.78, 5) is 11.7. The van der Waals surface area contributed by atoms with Gasteiger partial charge in [-0.2, -0.15) is 0 Å². The van der Waals surface area contributed by atoms with E-state index in [1.165, 1.54) is 407 Å². The zero-order valence-electron chi connectivity index (χ0n) is 64.8. The van der Waals surface area contributed by atoms with Crippen molar-refractivity contribution in [3.8, 4) is 51.5 Å². The molecule has 0 bridgehead atoms. The number of hydrogen-bond acceptors (Lipinski definition) is 4. The molecule has 0 saturated heterocycles. The van der Waals surface area contributed by atoms with Gasteiger partial charge in [0.05, 0.1) is 0 Å². The van der Waals surface area contributed by atoms with Crippen molar-refractivity contribution < 1.29 is 0 Å². The summed E-state index contributed by atoms with van der Waals surface area (Å²) in [5, 5.41) is 15.9. The molecule has 0 spiro atoms. The minimum absolute atomic E-state index is 1.13. The van der Waals surface area contributed by atoms with Crippen molar-refractivity contribution in [3.05, 3.63) is 179 Å². The highest BCUT2D eigenvalue weighted by molar-refractivity contribution is 7.25. The summed E-state index contributed by atoms with van der Waals surface area (Å²) < 4.78 is 0. The first kappa shape index (κ1) is 77.7. The van der Waals surface area contributed by atoms with Gasteiger partial charge in [0, 0.05) is 39.0 Å². The highest BCUT2D eigenvalue weighted by atomic mass is 32.1. The molecule has 8 aromatic carbocycles. The molecular formula is C100H126S4. The Morgan fingerprint density at radius 3 is 0.692 bits per heavy atom. The lowest BCUT2D eigenvalue weighted by atomic mass is 9.96. The van der Waals surface area contributed by atoms with Crippen molar-refractivity contribution in [3.63, 3.8) is 0 Å². The smallest absolute Gasteiger partial charge is 0.0452 e. The highest BCUT2D eigenvalue weighted by Crippen LogP contribution is 2.47. The first-order chi connectivity index (χ1) is 51.4. The summed E-state index contributed by atoms with van der Waals surface area (Å²) in [5.74, 6) is 0. The second kappa shape index (κ2) is 42.0. The topological polar surface area (TPSA) is 0 Å². The van der Waals surface area contributed by atoms with Gasteiger partial charge in [0.15, 0.2) is 0 Å². The number of rotatable bonds is 49. The van der Waals surface area contributed by atoms with Gasteiger partial charge in [-0.1, -0.05) is 307 Å². The van der Waals surface area contributed by atoms with Crippen LogP contribution in [0.4, 0.5) is 0 Å². The number of fused-ring (bicyclic) bond motifs is 6. The standard InChI is InChI=1S/C100H126S4/c1-5-9-13-17-21-25-29-33-37-41-45-81-73-97(103-99(81)83-55-51-77-63-89-69-85-65-79(53-49-75(85)61-91(89)71-87(77)67-83)95-59-57-93(101-95)47-43-39-35-31-27-23-19-15-11-7-3)98-74-82(46-42-38-34-30-26-22-18-14-10-6-2)100(104-98)84-56-52-78-64-90-70-86-66-80(54-50-76(86)62-92(90)72-88(78)68-84)96-60-58-94(102-96)48-44-40-36-32-28-24-20-16-12-8-4/h49-74H,5-48H2,1-4H3. The normalized spacial score (nSPS) is 12.0. The fourth-order valence-corrected chi connectivity index (χ4v) is 21.1. The van der Waals surface area contributed by atoms with E-state index in [1.54, 1.807) is 0 Å². The summed E-state index contributed by atoms with van der Waals surface area (Å²) in [6.07, 6.45) is 59.6. The SMILES string of the molecule is CCCCCCCCCCCCc1ccc(-c2ccc3cc4cc5cc(-c6sc(-c7cc(CCCCCCCCCCCC)c(-c8ccc9cc%10cc%11cc(-c%12ccc(CCCCCCCCCCCC)s%12)ccc%11cc%10cc9c8)s7)cc6CCCCCCCCCCCC)ccc5cc4cc3c2)s1. The molecule has 0 amide bonds. The van der Waals surface area contributed by atoms with Crippen LogP contribution in [0.25, 0.3) is 116 Å². The molecule has 0 saturated carbocycles. The molecule has 0 fully saturated rings. The van der Waals surface area contributed by atoms with Crippen molar-refractivity contribution in [2.24, 2.45) is 0 Å². The number of thiophene rings is 4. The van der Waals surface area contributed by atoms with Gasteiger partial charge in [-0.3, -0.25) is 0 Å². The van der Waals surface area contributed by atoms with Gasteiger partial charge >= 0.3 is 0 Å². The Morgan fingerprint density at radius 2 is 0.404 bits per heavy atom. The van der Waals surface area contributed by atoms with E-state index >= 15 is 0 Å². The predicted molar refractivity (Wildman–Crippen MR) is 472 cm³/mol. The second-order valence-electron chi connectivity index (χ2n) is 31.5. The number of unbranched alkanes of at least 4 members (excludes halogenated alkanes) is 36.